The first kappa shape index (κ1) is 11.3. The van der Waals surface area contributed by atoms with Crippen LogP contribution in [0.5, 0.6) is 0 Å². The molecule has 3 nitrogen and oxygen atoms in total. The van der Waals surface area contributed by atoms with Crippen LogP contribution in [0.25, 0.3) is 11.1 Å². The molecule has 0 bridgehead atoms. The second-order valence-electron chi connectivity index (χ2n) is 3.28. The molecule has 0 unspecified atom stereocenters. The summed E-state index contributed by atoms with van der Waals surface area (Å²) in [4.78, 5) is 11.6. The monoisotopic (exact) mass is 249 g/mol. The molecule has 2 aromatic rings. The topological polar surface area (TPSA) is 41.6 Å². The van der Waals surface area contributed by atoms with Crippen molar-refractivity contribution in [3.8, 4) is 11.1 Å². The van der Waals surface area contributed by atoms with Crippen LogP contribution in [0.4, 0.5) is 0 Å². The van der Waals surface area contributed by atoms with Gasteiger partial charge in [-0.1, -0.05) is 30.0 Å². The Bertz CT molecular complexity index is 549. The molecule has 0 fully saturated rings. The van der Waals surface area contributed by atoms with Crippen LogP contribution in [0.3, 0.4) is 0 Å². The number of nitrogens with zero attached hydrogens (tertiary/aromatic N) is 2. The third kappa shape index (κ3) is 2.15. The van der Waals surface area contributed by atoms with Gasteiger partial charge in [0.2, 0.25) is 0 Å². The summed E-state index contributed by atoms with van der Waals surface area (Å²) in [5.41, 5.74) is 2.89. The second kappa shape index (κ2) is 4.76. The lowest BCUT2D eigenvalue weighted by Crippen LogP contribution is -1.95. The molecular weight excluding hydrogens is 238 g/mol. The number of thioether (sulfide) groups is 1. The van der Waals surface area contributed by atoms with Gasteiger partial charge in [0, 0.05) is 23.5 Å². The summed E-state index contributed by atoms with van der Waals surface area (Å²) in [7, 11) is 0. The number of hydrogen-bond acceptors (Lipinski definition) is 4. The number of pyridine rings is 1. The Labute approximate surface area is 103 Å². The van der Waals surface area contributed by atoms with E-state index in [4.69, 9.17) is 12.2 Å². The lowest BCUT2D eigenvalue weighted by atomic mass is 10.1. The van der Waals surface area contributed by atoms with Gasteiger partial charge in [-0.05, 0) is 19.2 Å². The highest BCUT2D eigenvalue weighted by Crippen LogP contribution is 2.23. The predicted octanol–water partition coefficient (Wildman–Crippen LogP) is 3.23. The maximum absolute atomic E-state index is 5.34. The number of H-pyrrole nitrogens is 1. The molecule has 0 atom stereocenters. The van der Waals surface area contributed by atoms with Crippen molar-refractivity contribution < 1.29 is 0 Å². The van der Waals surface area contributed by atoms with Crippen LogP contribution in [-0.4, -0.2) is 21.2 Å². The van der Waals surface area contributed by atoms with Crippen molar-refractivity contribution in [2.75, 3.05) is 6.26 Å². The van der Waals surface area contributed by atoms with E-state index >= 15 is 0 Å². The molecule has 2 heterocycles. The van der Waals surface area contributed by atoms with Crippen LogP contribution in [-0.2, 0) is 0 Å². The highest BCUT2D eigenvalue weighted by molar-refractivity contribution is 7.98. The molecule has 2 aromatic heterocycles. The molecule has 0 amide bonds. The molecule has 0 aromatic carbocycles. The third-order valence-electron chi connectivity index (χ3n) is 2.22. The van der Waals surface area contributed by atoms with Crippen molar-refractivity contribution in [3.05, 3.63) is 34.9 Å². The molecule has 0 aliphatic carbocycles. The van der Waals surface area contributed by atoms with Gasteiger partial charge >= 0.3 is 0 Å². The third-order valence-corrected chi connectivity index (χ3v) is 3.11. The summed E-state index contributed by atoms with van der Waals surface area (Å²) in [5.74, 6) is 0. The van der Waals surface area contributed by atoms with Crippen molar-refractivity contribution in [1.82, 2.24) is 15.0 Å². The average molecular weight is 249 g/mol. The Morgan fingerprint density at radius 1 is 1.44 bits per heavy atom. The largest absolute Gasteiger partial charge is 0.325 e. The van der Waals surface area contributed by atoms with Gasteiger partial charge in [0.05, 0.1) is 5.69 Å². The molecule has 5 heteroatoms. The van der Waals surface area contributed by atoms with E-state index in [1.807, 2.05) is 25.3 Å². The number of aryl methyl sites for hydroxylation is 1. The molecule has 0 aliphatic rings. The molecule has 0 saturated heterocycles. The van der Waals surface area contributed by atoms with E-state index in [1.165, 1.54) is 0 Å². The molecule has 0 saturated carbocycles. The zero-order valence-corrected chi connectivity index (χ0v) is 10.7. The first-order valence-electron chi connectivity index (χ1n) is 4.77. The quantitative estimate of drug-likeness (QED) is 0.504. The van der Waals surface area contributed by atoms with Crippen LogP contribution >= 0.6 is 24.0 Å². The number of hydrogen-bond donors (Lipinski definition) is 1. The normalized spacial score (nSPS) is 10.4. The van der Waals surface area contributed by atoms with Crippen molar-refractivity contribution in [2.24, 2.45) is 0 Å². The Morgan fingerprint density at radius 2 is 2.25 bits per heavy atom. The Hall–Kier alpha value is -1.20. The van der Waals surface area contributed by atoms with Gasteiger partial charge < -0.3 is 4.98 Å². The SMILES string of the molecule is CSc1nc(C)c(-c2cccnc2)c(=S)[nH]1. The summed E-state index contributed by atoms with van der Waals surface area (Å²) >= 11 is 6.89. The standard InChI is InChI=1S/C11H11N3S2/c1-7-9(8-4-3-5-12-6-8)10(15)14-11(13-7)16-2/h3-6H,1-2H3,(H,13,14,15). The Kier molecular flexibility index (Phi) is 3.36. The van der Waals surface area contributed by atoms with Gasteiger partial charge in [0.25, 0.3) is 0 Å². The van der Waals surface area contributed by atoms with E-state index in [2.05, 4.69) is 15.0 Å². The summed E-state index contributed by atoms with van der Waals surface area (Å²) < 4.78 is 0.713. The lowest BCUT2D eigenvalue weighted by molar-refractivity contribution is 0.928. The van der Waals surface area contributed by atoms with Gasteiger partial charge in [0.15, 0.2) is 5.16 Å². The minimum absolute atomic E-state index is 0.713. The van der Waals surface area contributed by atoms with Crippen molar-refractivity contribution in [2.45, 2.75) is 12.1 Å². The maximum atomic E-state index is 5.34. The molecule has 0 aliphatic heterocycles. The molecule has 16 heavy (non-hydrogen) atoms. The second-order valence-corrected chi connectivity index (χ2v) is 4.48. The van der Waals surface area contributed by atoms with Crippen molar-refractivity contribution in [1.29, 1.82) is 0 Å². The molecular formula is C11H11N3S2. The minimum atomic E-state index is 0.713. The highest BCUT2D eigenvalue weighted by atomic mass is 32.2. The fraction of sp³-hybridized carbons (Fsp3) is 0.182. The molecule has 0 spiro atoms. The van der Waals surface area contributed by atoms with Crippen LogP contribution in [0, 0.1) is 11.6 Å². The van der Waals surface area contributed by atoms with E-state index in [0.29, 0.717) is 4.64 Å². The fourth-order valence-corrected chi connectivity index (χ4v) is 2.37. The summed E-state index contributed by atoms with van der Waals surface area (Å²) in [6.07, 6.45) is 5.51. The average Bonchev–Trinajstić information content (AvgIpc) is 2.29. The van der Waals surface area contributed by atoms with E-state index in [1.54, 1.807) is 24.2 Å². The van der Waals surface area contributed by atoms with Crippen molar-refractivity contribution >= 4 is 24.0 Å². The van der Waals surface area contributed by atoms with Gasteiger partial charge in [-0.25, -0.2) is 4.98 Å². The first-order valence-corrected chi connectivity index (χ1v) is 6.41. The zero-order chi connectivity index (χ0) is 11.5. The summed E-state index contributed by atoms with van der Waals surface area (Å²) in [6.45, 7) is 1.96. The summed E-state index contributed by atoms with van der Waals surface area (Å²) in [6, 6.07) is 3.88. The van der Waals surface area contributed by atoms with Gasteiger partial charge in [0.1, 0.15) is 4.64 Å². The molecule has 0 radical (unpaired) electrons. The predicted molar refractivity (Wildman–Crippen MR) is 69.2 cm³/mol. The van der Waals surface area contributed by atoms with Crippen molar-refractivity contribution in [3.63, 3.8) is 0 Å². The van der Waals surface area contributed by atoms with E-state index in [9.17, 15) is 0 Å². The van der Waals surface area contributed by atoms with Crippen LogP contribution in [0.1, 0.15) is 5.69 Å². The van der Waals surface area contributed by atoms with Gasteiger partial charge in [-0.2, -0.15) is 0 Å². The molecule has 82 valence electrons. The number of aromatic amines is 1. The van der Waals surface area contributed by atoms with Crippen LogP contribution in [0.2, 0.25) is 0 Å². The highest BCUT2D eigenvalue weighted by Gasteiger charge is 2.07. The fourth-order valence-electron chi connectivity index (χ4n) is 1.51. The van der Waals surface area contributed by atoms with Crippen LogP contribution in [0.15, 0.2) is 29.7 Å². The zero-order valence-electron chi connectivity index (χ0n) is 9.02. The number of aromatic nitrogens is 3. The molecule has 2 rings (SSSR count). The Balaban J connectivity index is 2.63. The maximum Gasteiger partial charge on any atom is 0.166 e. The van der Waals surface area contributed by atoms with E-state index in [0.717, 1.165) is 22.0 Å². The van der Waals surface area contributed by atoms with Gasteiger partial charge in [-0.3, -0.25) is 4.98 Å². The van der Waals surface area contributed by atoms with E-state index in [-0.39, 0.29) is 0 Å². The molecule has 1 N–H and O–H groups in total. The Morgan fingerprint density at radius 3 is 2.81 bits per heavy atom. The lowest BCUT2D eigenvalue weighted by Gasteiger charge is -2.06. The smallest absolute Gasteiger partial charge is 0.166 e. The minimum Gasteiger partial charge on any atom is -0.325 e. The van der Waals surface area contributed by atoms with Crippen LogP contribution < -0.4 is 0 Å². The first-order chi connectivity index (χ1) is 7.72. The number of nitrogens with one attached hydrogen (secondary N) is 1. The van der Waals surface area contributed by atoms with E-state index < -0.39 is 0 Å². The number of rotatable bonds is 2. The summed E-state index contributed by atoms with van der Waals surface area (Å²) in [5, 5.41) is 0.843. The van der Waals surface area contributed by atoms with Gasteiger partial charge in [-0.15, -0.1) is 0 Å².